The Labute approximate surface area is 123 Å². The van der Waals surface area contributed by atoms with Gasteiger partial charge in [-0.1, -0.05) is 25.7 Å². The van der Waals surface area contributed by atoms with Crippen LogP contribution >= 0.6 is 0 Å². The molecule has 0 aromatic carbocycles. The highest BCUT2D eigenvalue weighted by molar-refractivity contribution is 5.15. The summed E-state index contributed by atoms with van der Waals surface area (Å²) in [5, 5.41) is 13.2. The summed E-state index contributed by atoms with van der Waals surface area (Å²) < 4.78 is 0. The summed E-state index contributed by atoms with van der Waals surface area (Å²) in [6.07, 6.45) is 14.2. The zero-order valence-electron chi connectivity index (χ0n) is 12.9. The lowest BCUT2D eigenvalue weighted by Gasteiger charge is -2.33. The standard InChI is InChI=1S/C17H29N3/c1-20(15-6-4-2-3-5-7-15)16-10-11-17(12-16,13-18)19-14-8-9-14/h14-16,19H,2-12H2,1H3. The van der Waals surface area contributed by atoms with Gasteiger partial charge in [0.2, 0.25) is 0 Å². The molecule has 3 heteroatoms. The van der Waals surface area contributed by atoms with Gasteiger partial charge >= 0.3 is 0 Å². The quantitative estimate of drug-likeness (QED) is 0.801. The fraction of sp³-hybridized carbons (Fsp3) is 0.941. The molecule has 1 N–H and O–H groups in total. The monoisotopic (exact) mass is 275 g/mol. The lowest BCUT2D eigenvalue weighted by atomic mass is 9.98. The fourth-order valence-corrected chi connectivity index (χ4v) is 4.21. The fourth-order valence-electron chi connectivity index (χ4n) is 4.21. The van der Waals surface area contributed by atoms with E-state index in [9.17, 15) is 5.26 Å². The first-order valence-corrected chi connectivity index (χ1v) is 8.63. The molecule has 3 aliphatic carbocycles. The number of nitrogens with zero attached hydrogens (tertiary/aromatic N) is 2. The van der Waals surface area contributed by atoms with Crippen molar-refractivity contribution in [3.05, 3.63) is 0 Å². The number of rotatable bonds is 4. The smallest absolute Gasteiger partial charge is 0.108 e. The minimum absolute atomic E-state index is 0.217. The van der Waals surface area contributed by atoms with Crippen molar-refractivity contribution in [1.29, 1.82) is 5.26 Å². The molecule has 2 atom stereocenters. The van der Waals surface area contributed by atoms with Crippen LogP contribution < -0.4 is 5.32 Å². The largest absolute Gasteiger partial charge is 0.300 e. The summed E-state index contributed by atoms with van der Waals surface area (Å²) in [7, 11) is 2.31. The van der Waals surface area contributed by atoms with Crippen LogP contribution in [0, 0.1) is 11.3 Å². The van der Waals surface area contributed by atoms with E-state index in [1.54, 1.807) is 0 Å². The average Bonchev–Trinajstić information content (AvgIpc) is 3.22. The number of nitriles is 1. The van der Waals surface area contributed by atoms with Crippen LogP contribution in [-0.4, -0.2) is 35.6 Å². The highest BCUT2D eigenvalue weighted by Gasteiger charge is 2.44. The number of hydrogen-bond acceptors (Lipinski definition) is 3. The van der Waals surface area contributed by atoms with Crippen LogP contribution in [0.15, 0.2) is 0 Å². The van der Waals surface area contributed by atoms with Crippen LogP contribution in [0.25, 0.3) is 0 Å². The molecule has 0 radical (unpaired) electrons. The molecule has 112 valence electrons. The minimum atomic E-state index is -0.217. The first-order chi connectivity index (χ1) is 9.72. The molecule has 3 fully saturated rings. The topological polar surface area (TPSA) is 39.1 Å². The van der Waals surface area contributed by atoms with Crippen molar-refractivity contribution < 1.29 is 0 Å². The summed E-state index contributed by atoms with van der Waals surface area (Å²) in [6, 6.07) is 4.62. The molecule has 3 rings (SSSR count). The van der Waals surface area contributed by atoms with Crippen LogP contribution in [0.1, 0.15) is 70.6 Å². The predicted octanol–water partition coefficient (Wildman–Crippen LogP) is 3.21. The van der Waals surface area contributed by atoms with Crippen molar-refractivity contribution in [2.24, 2.45) is 0 Å². The predicted molar refractivity (Wildman–Crippen MR) is 81.4 cm³/mol. The van der Waals surface area contributed by atoms with Crippen LogP contribution in [0.4, 0.5) is 0 Å². The molecule has 3 aliphatic rings. The molecular formula is C17H29N3. The molecule has 0 amide bonds. The highest BCUT2D eigenvalue weighted by atomic mass is 15.2. The van der Waals surface area contributed by atoms with E-state index in [-0.39, 0.29) is 5.54 Å². The van der Waals surface area contributed by atoms with E-state index in [1.807, 2.05) is 0 Å². The van der Waals surface area contributed by atoms with E-state index in [1.165, 1.54) is 57.8 Å². The second kappa shape index (κ2) is 6.03. The van der Waals surface area contributed by atoms with Gasteiger partial charge in [0.25, 0.3) is 0 Å². The van der Waals surface area contributed by atoms with Gasteiger partial charge in [-0.3, -0.25) is 5.32 Å². The Hall–Kier alpha value is -0.590. The van der Waals surface area contributed by atoms with E-state index >= 15 is 0 Å². The Morgan fingerprint density at radius 1 is 1.00 bits per heavy atom. The van der Waals surface area contributed by atoms with Crippen molar-refractivity contribution in [2.75, 3.05) is 7.05 Å². The maximum absolute atomic E-state index is 9.62. The molecule has 2 unspecified atom stereocenters. The van der Waals surface area contributed by atoms with Gasteiger partial charge in [0.1, 0.15) is 5.54 Å². The Morgan fingerprint density at radius 2 is 1.70 bits per heavy atom. The minimum Gasteiger partial charge on any atom is -0.300 e. The van der Waals surface area contributed by atoms with Gasteiger partial charge < -0.3 is 4.90 Å². The zero-order chi connectivity index (χ0) is 14.0. The number of hydrogen-bond donors (Lipinski definition) is 1. The van der Waals surface area contributed by atoms with Gasteiger partial charge in [0, 0.05) is 18.1 Å². The van der Waals surface area contributed by atoms with Crippen molar-refractivity contribution in [3.63, 3.8) is 0 Å². The number of nitrogens with one attached hydrogen (secondary N) is 1. The molecule has 0 aliphatic heterocycles. The third-order valence-electron chi connectivity index (χ3n) is 5.74. The Balaban J connectivity index is 1.58. The van der Waals surface area contributed by atoms with Crippen LogP contribution in [0.5, 0.6) is 0 Å². The van der Waals surface area contributed by atoms with E-state index in [0.29, 0.717) is 12.1 Å². The second-order valence-electron chi connectivity index (χ2n) is 7.32. The van der Waals surface area contributed by atoms with E-state index in [0.717, 1.165) is 18.9 Å². The molecular weight excluding hydrogens is 246 g/mol. The molecule has 3 saturated carbocycles. The van der Waals surface area contributed by atoms with Crippen molar-refractivity contribution >= 4 is 0 Å². The molecule has 3 nitrogen and oxygen atoms in total. The summed E-state index contributed by atoms with van der Waals surface area (Å²) in [5.74, 6) is 0. The SMILES string of the molecule is CN(C1CCCCCC1)C1CCC(C#N)(NC2CC2)C1. The average molecular weight is 275 g/mol. The summed E-state index contributed by atoms with van der Waals surface area (Å²) in [5.41, 5.74) is -0.217. The lowest BCUT2D eigenvalue weighted by Crippen LogP contribution is -2.46. The molecule has 0 aromatic rings. The van der Waals surface area contributed by atoms with Crippen molar-refractivity contribution in [2.45, 2.75) is 94.3 Å². The zero-order valence-corrected chi connectivity index (χ0v) is 12.9. The van der Waals surface area contributed by atoms with E-state index in [2.05, 4.69) is 23.3 Å². The van der Waals surface area contributed by atoms with Gasteiger partial charge in [0.15, 0.2) is 0 Å². The van der Waals surface area contributed by atoms with Crippen LogP contribution in [-0.2, 0) is 0 Å². The van der Waals surface area contributed by atoms with Crippen molar-refractivity contribution in [3.8, 4) is 6.07 Å². The highest BCUT2D eigenvalue weighted by Crippen LogP contribution is 2.37. The molecule has 0 spiro atoms. The van der Waals surface area contributed by atoms with Gasteiger partial charge in [-0.15, -0.1) is 0 Å². The van der Waals surface area contributed by atoms with Gasteiger partial charge in [0.05, 0.1) is 6.07 Å². The summed E-state index contributed by atoms with van der Waals surface area (Å²) in [4.78, 5) is 2.62. The Kier molecular flexibility index (Phi) is 4.33. The second-order valence-corrected chi connectivity index (χ2v) is 7.32. The molecule has 0 bridgehead atoms. The van der Waals surface area contributed by atoms with Gasteiger partial charge in [-0.2, -0.15) is 5.26 Å². The first-order valence-electron chi connectivity index (χ1n) is 8.63. The van der Waals surface area contributed by atoms with Crippen molar-refractivity contribution in [1.82, 2.24) is 10.2 Å². The maximum atomic E-state index is 9.62. The molecule has 0 aromatic heterocycles. The van der Waals surface area contributed by atoms with Crippen LogP contribution in [0.3, 0.4) is 0 Å². The molecule has 20 heavy (non-hydrogen) atoms. The lowest BCUT2D eigenvalue weighted by molar-refractivity contribution is 0.154. The first kappa shape index (κ1) is 14.4. The summed E-state index contributed by atoms with van der Waals surface area (Å²) >= 11 is 0. The van der Waals surface area contributed by atoms with Gasteiger partial charge in [-0.25, -0.2) is 0 Å². The normalized spacial score (nSPS) is 36.0. The summed E-state index contributed by atoms with van der Waals surface area (Å²) in [6.45, 7) is 0. The van der Waals surface area contributed by atoms with E-state index in [4.69, 9.17) is 0 Å². The Morgan fingerprint density at radius 3 is 2.30 bits per heavy atom. The Bertz CT molecular complexity index is 363. The maximum Gasteiger partial charge on any atom is 0.108 e. The molecule has 0 heterocycles. The third-order valence-corrected chi connectivity index (χ3v) is 5.74. The van der Waals surface area contributed by atoms with Crippen LogP contribution in [0.2, 0.25) is 0 Å². The third kappa shape index (κ3) is 3.18. The van der Waals surface area contributed by atoms with Gasteiger partial charge in [-0.05, 0) is 52.0 Å². The van der Waals surface area contributed by atoms with E-state index < -0.39 is 0 Å². The molecule has 0 saturated heterocycles.